The van der Waals surface area contributed by atoms with Crippen molar-refractivity contribution in [3.63, 3.8) is 0 Å². The molecule has 4 rings (SSSR count). The van der Waals surface area contributed by atoms with Gasteiger partial charge in [-0.1, -0.05) is 18.2 Å². The predicted molar refractivity (Wildman–Crippen MR) is 113 cm³/mol. The lowest BCUT2D eigenvalue weighted by atomic mass is 10.2. The summed E-state index contributed by atoms with van der Waals surface area (Å²) in [6.07, 6.45) is 1.49. The second-order valence-electron chi connectivity index (χ2n) is 6.24. The van der Waals surface area contributed by atoms with Gasteiger partial charge in [0, 0.05) is 23.2 Å². The average molecular weight is 388 g/mol. The Morgan fingerprint density at radius 2 is 1.62 bits per heavy atom. The monoisotopic (exact) mass is 388 g/mol. The Morgan fingerprint density at radius 1 is 0.828 bits per heavy atom. The summed E-state index contributed by atoms with van der Waals surface area (Å²) in [4.78, 5) is 8.65. The number of hydrogen-bond acceptors (Lipinski definition) is 7. The van der Waals surface area contributed by atoms with Gasteiger partial charge in [0.15, 0.2) is 11.5 Å². The van der Waals surface area contributed by atoms with E-state index in [9.17, 15) is 0 Å². The van der Waals surface area contributed by atoms with Crippen LogP contribution in [0, 0.1) is 0 Å². The van der Waals surface area contributed by atoms with E-state index in [2.05, 4.69) is 15.3 Å². The summed E-state index contributed by atoms with van der Waals surface area (Å²) in [5.74, 6) is 3.15. The van der Waals surface area contributed by atoms with E-state index < -0.39 is 0 Å². The third-order valence-corrected chi connectivity index (χ3v) is 4.38. The quantitative estimate of drug-likeness (QED) is 0.460. The van der Waals surface area contributed by atoms with E-state index in [0.29, 0.717) is 28.8 Å². The molecular formula is C22H20N4O3. The summed E-state index contributed by atoms with van der Waals surface area (Å²) in [5, 5.41) is 4.08. The molecule has 0 bridgehead atoms. The zero-order valence-electron chi connectivity index (χ0n) is 16.0. The standard InChI is InChI=1S/C22H20N4O3/c1-27-20-12-18-16(11-17(20)23)22(25-13-24-18)26-14-8-9-19(21(10-14)28-2)29-15-6-4-3-5-7-15/h3-13H,23H2,1-2H3,(H,24,25,26). The van der Waals surface area contributed by atoms with Crippen LogP contribution in [0.25, 0.3) is 10.9 Å². The average Bonchev–Trinajstić information content (AvgIpc) is 2.75. The lowest BCUT2D eigenvalue weighted by Crippen LogP contribution is -1.99. The topological polar surface area (TPSA) is 91.5 Å². The zero-order valence-corrected chi connectivity index (χ0v) is 16.0. The number of anilines is 3. The van der Waals surface area contributed by atoms with E-state index in [-0.39, 0.29) is 0 Å². The van der Waals surface area contributed by atoms with Crippen molar-refractivity contribution in [2.45, 2.75) is 0 Å². The van der Waals surface area contributed by atoms with Crippen LogP contribution in [-0.2, 0) is 0 Å². The summed E-state index contributed by atoms with van der Waals surface area (Å²) in [5.41, 5.74) is 8.08. The number of ether oxygens (including phenoxy) is 3. The molecular weight excluding hydrogens is 368 g/mol. The Hall–Kier alpha value is -4.00. The molecule has 29 heavy (non-hydrogen) atoms. The first kappa shape index (κ1) is 18.4. The molecule has 0 aliphatic heterocycles. The minimum Gasteiger partial charge on any atom is -0.495 e. The van der Waals surface area contributed by atoms with Crippen molar-refractivity contribution >= 4 is 28.1 Å². The van der Waals surface area contributed by atoms with Gasteiger partial charge in [0.25, 0.3) is 0 Å². The number of nitrogen functional groups attached to an aromatic ring is 1. The molecule has 0 spiro atoms. The third kappa shape index (κ3) is 3.84. The maximum absolute atomic E-state index is 6.05. The molecule has 0 amide bonds. The van der Waals surface area contributed by atoms with Crippen LogP contribution in [0.1, 0.15) is 0 Å². The summed E-state index contributed by atoms with van der Waals surface area (Å²) >= 11 is 0. The number of nitrogens with zero attached hydrogens (tertiary/aromatic N) is 2. The molecule has 146 valence electrons. The fourth-order valence-corrected chi connectivity index (χ4v) is 2.96. The first-order chi connectivity index (χ1) is 14.2. The Labute approximate surface area is 168 Å². The fraction of sp³-hybridized carbons (Fsp3) is 0.0909. The molecule has 3 aromatic carbocycles. The third-order valence-electron chi connectivity index (χ3n) is 4.38. The van der Waals surface area contributed by atoms with Gasteiger partial charge in [-0.25, -0.2) is 9.97 Å². The lowest BCUT2D eigenvalue weighted by molar-refractivity contribution is 0.379. The normalized spacial score (nSPS) is 10.6. The van der Waals surface area contributed by atoms with Crippen LogP contribution in [0.5, 0.6) is 23.0 Å². The Bertz CT molecular complexity index is 1150. The molecule has 7 heteroatoms. The van der Waals surface area contributed by atoms with Crippen LogP contribution in [0.4, 0.5) is 17.2 Å². The number of rotatable bonds is 6. The highest BCUT2D eigenvalue weighted by atomic mass is 16.5. The van der Waals surface area contributed by atoms with Crippen LogP contribution in [0.15, 0.2) is 67.0 Å². The number of para-hydroxylation sites is 1. The van der Waals surface area contributed by atoms with Crippen LogP contribution in [-0.4, -0.2) is 24.2 Å². The van der Waals surface area contributed by atoms with Crippen molar-refractivity contribution in [1.29, 1.82) is 0 Å². The Morgan fingerprint density at radius 3 is 2.38 bits per heavy atom. The van der Waals surface area contributed by atoms with Gasteiger partial charge in [0.1, 0.15) is 23.6 Å². The number of hydrogen-bond donors (Lipinski definition) is 2. The van der Waals surface area contributed by atoms with Gasteiger partial charge >= 0.3 is 0 Å². The number of benzene rings is 3. The molecule has 0 aliphatic carbocycles. The second kappa shape index (κ2) is 7.93. The maximum Gasteiger partial charge on any atom is 0.169 e. The van der Waals surface area contributed by atoms with Crippen molar-refractivity contribution < 1.29 is 14.2 Å². The number of methoxy groups -OCH3 is 2. The summed E-state index contributed by atoms with van der Waals surface area (Å²) in [6.45, 7) is 0. The molecule has 0 radical (unpaired) electrons. The van der Waals surface area contributed by atoms with Crippen LogP contribution < -0.4 is 25.3 Å². The number of nitrogens with two attached hydrogens (primary N) is 1. The molecule has 0 saturated carbocycles. The summed E-state index contributed by atoms with van der Waals surface area (Å²) in [6, 6.07) is 18.7. The van der Waals surface area contributed by atoms with Gasteiger partial charge in [-0.05, 0) is 30.3 Å². The van der Waals surface area contributed by atoms with Gasteiger partial charge in [-0.3, -0.25) is 0 Å². The van der Waals surface area contributed by atoms with Gasteiger partial charge in [0.2, 0.25) is 0 Å². The molecule has 7 nitrogen and oxygen atoms in total. The fourth-order valence-electron chi connectivity index (χ4n) is 2.96. The van der Waals surface area contributed by atoms with Crippen molar-refractivity contribution in [3.8, 4) is 23.0 Å². The minimum absolute atomic E-state index is 0.516. The summed E-state index contributed by atoms with van der Waals surface area (Å²) < 4.78 is 16.7. The van der Waals surface area contributed by atoms with Gasteiger partial charge < -0.3 is 25.3 Å². The van der Waals surface area contributed by atoms with Crippen molar-refractivity contribution in [3.05, 3.63) is 67.0 Å². The minimum atomic E-state index is 0.516. The van der Waals surface area contributed by atoms with Gasteiger partial charge in [0.05, 0.1) is 25.4 Å². The molecule has 3 N–H and O–H groups in total. The molecule has 0 saturated heterocycles. The van der Waals surface area contributed by atoms with E-state index in [1.165, 1.54) is 6.33 Å². The molecule has 0 unspecified atom stereocenters. The van der Waals surface area contributed by atoms with E-state index in [1.54, 1.807) is 26.4 Å². The number of nitrogens with one attached hydrogen (secondary N) is 1. The van der Waals surface area contributed by atoms with Gasteiger partial charge in [-0.2, -0.15) is 0 Å². The SMILES string of the molecule is COc1cc2ncnc(Nc3ccc(Oc4ccccc4)c(OC)c3)c2cc1N. The van der Waals surface area contributed by atoms with Gasteiger partial charge in [-0.15, -0.1) is 0 Å². The van der Waals surface area contributed by atoms with E-state index >= 15 is 0 Å². The first-order valence-electron chi connectivity index (χ1n) is 8.94. The molecule has 0 fully saturated rings. The lowest BCUT2D eigenvalue weighted by Gasteiger charge is -2.14. The largest absolute Gasteiger partial charge is 0.495 e. The molecule has 1 heterocycles. The molecule has 0 aliphatic rings. The number of fused-ring (bicyclic) bond motifs is 1. The highest BCUT2D eigenvalue weighted by Gasteiger charge is 2.11. The van der Waals surface area contributed by atoms with Crippen molar-refractivity contribution in [2.75, 3.05) is 25.3 Å². The van der Waals surface area contributed by atoms with E-state index in [4.69, 9.17) is 19.9 Å². The molecule has 1 aromatic heterocycles. The highest BCUT2D eigenvalue weighted by Crippen LogP contribution is 2.36. The van der Waals surface area contributed by atoms with Crippen molar-refractivity contribution in [2.24, 2.45) is 0 Å². The predicted octanol–water partition coefficient (Wildman–Crippen LogP) is 4.77. The Kier molecular flexibility index (Phi) is 5.03. The molecule has 4 aromatic rings. The smallest absolute Gasteiger partial charge is 0.169 e. The second-order valence-corrected chi connectivity index (χ2v) is 6.24. The van der Waals surface area contributed by atoms with Crippen molar-refractivity contribution in [1.82, 2.24) is 9.97 Å². The van der Waals surface area contributed by atoms with Crippen LogP contribution in [0.3, 0.4) is 0 Å². The highest BCUT2D eigenvalue weighted by molar-refractivity contribution is 5.94. The van der Waals surface area contributed by atoms with Crippen LogP contribution >= 0.6 is 0 Å². The zero-order chi connectivity index (χ0) is 20.2. The number of aromatic nitrogens is 2. The summed E-state index contributed by atoms with van der Waals surface area (Å²) in [7, 11) is 3.17. The first-order valence-corrected chi connectivity index (χ1v) is 8.94. The van der Waals surface area contributed by atoms with Crippen LogP contribution in [0.2, 0.25) is 0 Å². The van der Waals surface area contributed by atoms with E-state index in [0.717, 1.165) is 22.3 Å². The van der Waals surface area contributed by atoms with E-state index in [1.807, 2.05) is 48.5 Å². The Balaban J connectivity index is 1.65. The maximum atomic E-state index is 6.05. The molecule has 0 atom stereocenters.